The highest BCUT2D eigenvalue weighted by atomic mass is 35.5. The number of rotatable bonds is 5. The van der Waals surface area contributed by atoms with Crippen LogP contribution < -0.4 is 10.1 Å². The molecule has 2 heterocycles. The zero-order valence-electron chi connectivity index (χ0n) is 13.1. The second-order valence-electron chi connectivity index (χ2n) is 5.07. The molecule has 1 amide bonds. The average molecular weight is 363 g/mol. The van der Waals surface area contributed by atoms with Crippen molar-refractivity contribution in [2.24, 2.45) is 0 Å². The monoisotopic (exact) mass is 362 g/mol. The van der Waals surface area contributed by atoms with Crippen molar-refractivity contribution in [2.75, 3.05) is 12.4 Å². The number of aromatic nitrogens is 1. The number of aryl methyl sites for hydroxylation is 1. The zero-order chi connectivity index (χ0) is 17.1. The first-order chi connectivity index (χ1) is 11.6. The smallest absolute Gasteiger partial charge is 0.236 e. The Hall–Kier alpha value is -2.31. The molecule has 7 heteroatoms. The first-order valence-corrected chi connectivity index (χ1v) is 8.46. The number of thiophene rings is 1. The molecule has 0 saturated carbocycles. The Kier molecular flexibility index (Phi) is 4.87. The Labute approximate surface area is 148 Å². The lowest BCUT2D eigenvalue weighted by Crippen LogP contribution is -2.15. The molecule has 0 aliphatic carbocycles. The van der Waals surface area contributed by atoms with Crippen LogP contribution in [-0.4, -0.2) is 18.0 Å². The van der Waals surface area contributed by atoms with E-state index in [2.05, 4.69) is 10.3 Å². The fourth-order valence-corrected chi connectivity index (χ4v) is 3.04. The SMILES string of the molecule is COc1ccc(Cl)cc1NC(=O)Cc1nc(-c2cccs2)oc1C. The van der Waals surface area contributed by atoms with Gasteiger partial charge in [-0.2, -0.15) is 0 Å². The summed E-state index contributed by atoms with van der Waals surface area (Å²) in [5, 5.41) is 5.26. The lowest BCUT2D eigenvalue weighted by Gasteiger charge is -2.10. The number of carbonyl (C=O) groups is 1. The van der Waals surface area contributed by atoms with Crippen molar-refractivity contribution in [1.29, 1.82) is 0 Å². The second-order valence-corrected chi connectivity index (χ2v) is 6.45. The number of anilines is 1. The van der Waals surface area contributed by atoms with Crippen LogP contribution in [0.5, 0.6) is 5.75 Å². The summed E-state index contributed by atoms with van der Waals surface area (Å²) in [5.41, 5.74) is 1.13. The lowest BCUT2D eigenvalue weighted by molar-refractivity contribution is -0.115. The maximum Gasteiger partial charge on any atom is 0.236 e. The van der Waals surface area contributed by atoms with Crippen LogP contribution in [0.1, 0.15) is 11.5 Å². The molecule has 1 N–H and O–H groups in total. The topological polar surface area (TPSA) is 64.4 Å². The maximum absolute atomic E-state index is 12.3. The van der Waals surface area contributed by atoms with Gasteiger partial charge >= 0.3 is 0 Å². The van der Waals surface area contributed by atoms with Gasteiger partial charge in [-0.15, -0.1) is 11.3 Å². The van der Waals surface area contributed by atoms with Crippen molar-refractivity contribution in [3.8, 4) is 16.5 Å². The minimum atomic E-state index is -0.218. The highest BCUT2D eigenvalue weighted by Gasteiger charge is 2.16. The number of oxazole rings is 1. The average Bonchev–Trinajstić information content (AvgIpc) is 3.18. The van der Waals surface area contributed by atoms with Gasteiger partial charge in [0.1, 0.15) is 11.5 Å². The summed E-state index contributed by atoms with van der Waals surface area (Å²) in [7, 11) is 1.54. The number of nitrogens with zero attached hydrogens (tertiary/aromatic N) is 1. The minimum Gasteiger partial charge on any atom is -0.495 e. The van der Waals surface area contributed by atoms with Gasteiger partial charge in [0.25, 0.3) is 0 Å². The summed E-state index contributed by atoms with van der Waals surface area (Å²) in [5.74, 6) is 1.49. The summed E-state index contributed by atoms with van der Waals surface area (Å²) < 4.78 is 10.9. The van der Waals surface area contributed by atoms with E-state index in [1.807, 2.05) is 17.5 Å². The number of ether oxygens (including phenoxy) is 1. The molecule has 124 valence electrons. The number of carbonyl (C=O) groups excluding carboxylic acids is 1. The number of amides is 1. The third kappa shape index (κ3) is 3.60. The highest BCUT2D eigenvalue weighted by molar-refractivity contribution is 7.13. The second kappa shape index (κ2) is 7.07. The number of hydrogen-bond acceptors (Lipinski definition) is 5. The van der Waals surface area contributed by atoms with Crippen molar-refractivity contribution in [3.05, 3.63) is 52.2 Å². The first-order valence-electron chi connectivity index (χ1n) is 7.20. The standard InChI is InChI=1S/C17H15ClN2O3S/c1-10-12(20-17(23-10)15-4-3-7-24-15)9-16(21)19-13-8-11(18)5-6-14(13)22-2/h3-8H,9H2,1-2H3,(H,19,21). The summed E-state index contributed by atoms with van der Waals surface area (Å²) >= 11 is 7.51. The van der Waals surface area contributed by atoms with Gasteiger partial charge in [-0.1, -0.05) is 17.7 Å². The molecule has 24 heavy (non-hydrogen) atoms. The number of benzene rings is 1. The lowest BCUT2D eigenvalue weighted by atomic mass is 10.2. The van der Waals surface area contributed by atoms with Gasteiger partial charge in [-0.05, 0) is 36.6 Å². The predicted octanol–water partition coefficient (Wildman–Crippen LogP) is 4.55. The summed E-state index contributed by atoms with van der Waals surface area (Å²) in [6.07, 6.45) is 0.108. The molecule has 0 bridgehead atoms. The van der Waals surface area contributed by atoms with Gasteiger partial charge < -0.3 is 14.5 Å². The van der Waals surface area contributed by atoms with Crippen LogP contribution in [-0.2, 0) is 11.2 Å². The van der Waals surface area contributed by atoms with E-state index >= 15 is 0 Å². The molecule has 2 aromatic heterocycles. The maximum atomic E-state index is 12.3. The van der Waals surface area contributed by atoms with E-state index in [1.165, 1.54) is 18.4 Å². The molecule has 0 atom stereocenters. The van der Waals surface area contributed by atoms with Gasteiger partial charge in [-0.25, -0.2) is 4.98 Å². The quantitative estimate of drug-likeness (QED) is 0.722. The van der Waals surface area contributed by atoms with Gasteiger partial charge in [0.05, 0.1) is 29.8 Å². The Morgan fingerprint density at radius 3 is 2.96 bits per heavy atom. The first kappa shape index (κ1) is 16.5. The molecular weight excluding hydrogens is 348 g/mol. The molecule has 0 spiro atoms. The molecule has 0 unspecified atom stereocenters. The molecule has 5 nitrogen and oxygen atoms in total. The summed E-state index contributed by atoms with van der Waals surface area (Å²) in [6.45, 7) is 1.80. The van der Waals surface area contributed by atoms with Crippen LogP contribution in [0.15, 0.2) is 40.1 Å². The molecule has 1 aromatic carbocycles. The number of methoxy groups -OCH3 is 1. The van der Waals surface area contributed by atoms with Crippen molar-refractivity contribution >= 4 is 34.5 Å². The number of hydrogen-bond donors (Lipinski definition) is 1. The molecule has 0 aliphatic rings. The van der Waals surface area contributed by atoms with Crippen LogP contribution in [0.2, 0.25) is 5.02 Å². The third-order valence-electron chi connectivity index (χ3n) is 3.39. The van der Waals surface area contributed by atoms with E-state index in [-0.39, 0.29) is 12.3 Å². The summed E-state index contributed by atoms with van der Waals surface area (Å²) in [4.78, 5) is 17.7. The summed E-state index contributed by atoms with van der Waals surface area (Å²) in [6, 6.07) is 8.90. The molecule has 0 fully saturated rings. The number of halogens is 1. The normalized spacial score (nSPS) is 10.6. The van der Waals surface area contributed by atoms with Gasteiger partial charge in [-0.3, -0.25) is 4.79 Å². The fraction of sp³-hybridized carbons (Fsp3) is 0.176. The molecule has 3 rings (SSSR count). The van der Waals surface area contributed by atoms with Gasteiger partial charge in [0.2, 0.25) is 11.8 Å². The van der Waals surface area contributed by atoms with E-state index in [1.54, 1.807) is 25.1 Å². The van der Waals surface area contributed by atoms with E-state index < -0.39 is 0 Å². The van der Waals surface area contributed by atoms with Crippen LogP contribution in [0.3, 0.4) is 0 Å². The van der Waals surface area contributed by atoms with Crippen molar-refractivity contribution in [2.45, 2.75) is 13.3 Å². The van der Waals surface area contributed by atoms with Crippen molar-refractivity contribution in [1.82, 2.24) is 4.98 Å². The Morgan fingerprint density at radius 1 is 1.42 bits per heavy atom. The van der Waals surface area contributed by atoms with Crippen LogP contribution in [0.4, 0.5) is 5.69 Å². The van der Waals surface area contributed by atoms with Gasteiger partial charge in [0, 0.05) is 5.02 Å². The molecule has 0 saturated heterocycles. The van der Waals surface area contributed by atoms with Crippen LogP contribution >= 0.6 is 22.9 Å². The Morgan fingerprint density at radius 2 is 2.25 bits per heavy atom. The van der Waals surface area contributed by atoms with Crippen molar-refractivity contribution < 1.29 is 13.9 Å². The van der Waals surface area contributed by atoms with Gasteiger partial charge in [0.15, 0.2) is 0 Å². The molecule has 0 aliphatic heterocycles. The third-order valence-corrected chi connectivity index (χ3v) is 4.48. The fourth-order valence-electron chi connectivity index (χ4n) is 2.22. The van der Waals surface area contributed by atoms with E-state index in [0.29, 0.717) is 33.8 Å². The Balaban J connectivity index is 1.75. The zero-order valence-corrected chi connectivity index (χ0v) is 14.7. The van der Waals surface area contributed by atoms with E-state index in [0.717, 1.165) is 4.88 Å². The van der Waals surface area contributed by atoms with Crippen LogP contribution in [0.25, 0.3) is 10.8 Å². The van der Waals surface area contributed by atoms with E-state index in [4.69, 9.17) is 20.8 Å². The Bertz CT molecular complexity index is 859. The largest absolute Gasteiger partial charge is 0.495 e. The molecule has 3 aromatic rings. The highest BCUT2D eigenvalue weighted by Crippen LogP contribution is 2.29. The van der Waals surface area contributed by atoms with E-state index in [9.17, 15) is 4.79 Å². The predicted molar refractivity (Wildman–Crippen MR) is 94.9 cm³/mol. The van der Waals surface area contributed by atoms with Crippen molar-refractivity contribution in [3.63, 3.8) is 0 Å². The molecule has 0 radical (unpaired) electrons. The minimum absolute atomic E-state index is 0.108. The molecular formula is C17H15ClN2O3S. The van der Waals surface area contributed by atoms with Crippen LogP contribution in [0, 0.1) is 6.92 Å². The number of nitrogens with one attached hydrogen (secondary N) is 1.